The second kappa shape index (κ2) is 7.27. The minimum atomic E-state index is 0.187. The lowest BCUT2D eigenvalue weighted by Crippen LogP contribution is -2.45. The number of hydrogen-bond donors (Lipinski definition) is 2. The van der Waals surface area contributed by atoms with Crippen LogP contribution >= 0.6 is 11.8 Å². The number of carbonyl (C=O) groups excluding carboxylic acids is 1. The molecular weight excluding hydrogens is 232 g/mol. The summed E-state index contributed by atoms with van der Waals surface area (Å²) in [6, 6.07) is 0.990. The summed E-state index contributed by atoms with van der Waals surface area (Å²) in [5, 5.41) is 6.53. The zero-order valence-electron chi connectivity index (χ0n) is 10.5. The molecule has 0 unspecified atom stereocenters. The molecule has 1 heterocycles. The average molecular weight is 256 g/mol. The maximum absolute atomic E-state index is 11.8. The van der Waals surface area contributed by atoms with Crippen molar-refractivity contribution >= 4 is 17.7 Å². The van der Waals surface area contributed by atoms with Gasteiger partial charge in [-0.2, -0.15) is 11.8 Å². The van der Waals surface area contributed by atoms with Gasteiger partial charge in [0.2, 0.25) is 5.91 Å². The third-order valence-corrected chi connectivity index (χ3v) is 4.90. The number of amides is 1. The Labute approximate surface area is 108 Å². The van der Waals surface area contributed by atoms with E-state index in [1.807, 2.05) is 11.8 Å². The summed E-state index contributed by atoms with van der Waals surface area (Å²) in [5.74, 6) is 2.64. The fourth-order valence-electron chi connectivity index (χ4n) is 2.66. The Morgan fingerprint density at radius 3 is 2.53 bits per heavy atom. The van der Waals surface area contributed by atoms with Gasteiger partial charge < -0.3 is 10.6 Å². The lowest BCUT2D eigenvalue weighted by molar-refractivity contribution is -0.121. The third-order valence-electron chi connectivity index (χ3n) is 3.68. The number of thioether (sulfide) groups is 1. The minimum absolute atomic E-state index is 0.187. The normalized spacial score (nSPS) is 26.7. The SMILES string of the molecule is O=C(CN[C@@H]1CCCSC1)NC1CCCCC1. The third kappa shape index (κ3) is 4.88. The van der Waals surface area contributed by atoms with Gasteiger partial charge in [-0.3, -0.25) is 4.79 Å². The summed E-state index contributed by atoms with van der Waals surface area (Å²) in [6.45, 7) is 0.502. The van der Waals surface area contributed by atoms with E-state index in [2.05, 4.69) is 10.6 Å². The van der Waals surface area contributed by atoms with Crippen LogP contribution in [-0.4, -0.2) is 36.0 Å². The molecule has 2 aliphatic rings. The molecule has 0 bridgehead atoms. The van der Waals surface area contributed by atoms with E-state index in [1.165, 1.54) is 50.7 Å². The Balaban J connectivity index is 1.59. The van der Waals surface area contributed by atoms with E-state index in [-0.39, 0.29) is 5.91 Å². The quantitative estimate of drug-likeness (QED) is 0.807. The fraction of sp³-hybridized carbons (Fsp3) is 0.923. The van der Waals surface area contributed by atoms with E-state index >= 15 is 0 Å². The molecule has 0 aromatic heterocycles. The predicted octanol–water partition coefficient (Wildman–Crippen LogP) is 1.92. The van der Waals surface area contributed by atoms with Crippen molar-refractivity contribution in [3.8, 4) is 0 Å². The largest absolute Gasteiger partial charge is 0.352 e. The maximum atomic E-state index is 11.8. The van der Waals surface area contributed by atoms with E-state index in [9.17, 15) is 4.79 Å². The molecule has 98 valence electrons. The van der Waals surface area contributed by atoms with Gasteiger partial charge in [0.15, 0.2) is 0 Å². The molecule has 2 rings (SSSR count). The van der Waals surface area contributed by atoms with Gasteiger partial charge in [0.25, 0.3) is 0 Å². The first-order valence-electron chi connectivity index (χ1n) is 6.95. The zero-order valence-corrected chi connectivity index (χ0v) is 11.4. The monoisotopic (exact) mass is 256 g/mol. The molecule has 0 aromatic rings. The topological polar surface area (TPSA) is 41.1 Å². The smallest absolute Gasteiger partial charge is 0.234 e. The number of hydrogen-bond acceptors (Lipinski definition) is 3. The highest BCUT2D eigenvalue weighted by atomic mass is 32.2. The second-order valence-electron chi connectivity index (χ2n) is 5.20. The minimum Gasteiger partial charge on any atom is -0.352 e. The zero-order chi connectivity index (χ0) is 11.9. The average Bonchev–Trinajstić information content (AvgIpc) is 2.39. The lowest BCUT2D eigenvalue weighted by atomic mass is 9.95. The molecule has 1 atom stereocenters. The van der Waals surface area contributed by atoms with Crippen molar-refractivity contribution in [2.24, 2.45) is 0 Å². The molecule has 2 fully saturated rings. The standard InChI is InChI=1S/C13H24N2OS/c16-13(15-11-5-2-1-3-6-11)9-14-12-7-4-8-17-10-12/h11-12,14H,1-10H2,(H,15,16)/t12-/m1/s1. The summed E-state index contributed by atoms with van der Waals surface area (Å²) in [4.78, 5) is 11.8. The molecule has 1 saturated heterocycles. The predicted molar refractivity (Wildman–Crippen MR) is 73.4 cm³/mol. The van der Waals surface area contributed by atoms with Gasteiger partial charge in [0.1, 0.15) is 0 Å². The summed E-state index contributed by atoms with van der Waals surface area (Å²) >= 11 is 2.00. The first-order valence-corrected chi connectivity index (χ1v) is 8.10. The van der Waals surface area contributed by atoms with Gasteiger partial charge in [-0.05, 0) is 31.4 Å². The van der Waals surface area contributed by atoms with Gasteiger partial charge in [0.05, 0.1) is 6.54 Å². The molecule has 1 amide bonds. The highest BCUT2D eigenvalue weighted by molar-refractivity contribution is 7.99. The number of rotatable bonds is 4. The summed E-state index contributed by atoms with van der Waals surface area (Å²) in [7, 11) is 0. The van der Waals surface area contributed by atoms with E-state index in [4.69, 9.17) is 0 Å². The van der Waals surface area contributed by atoms with Crippen molar-refractivity contribution in [1.29, 1.82) is 0 Å². The Bertz CT molecular complexity index is 236. The Kier molecular flexibility index (Phi) is 5.65. The molecule has 1 aliphatic carbocycles. The lowest BCUT2D eigenvalue weighted by Gasteiger charge is -2.25. The summed E-state index contributed by atoms with van der Waals surface area (Å²) in [5.41, 5.74) is 0. The Morgan fingerprint density at radius 1 is 1.06 bits per heavy atom. The number of carbonyl (C=O) groups is 1. The Morgan fingerprint density at radius 2 is 1.82 bits per heavy atom. The van der Waals surface area contributed by atoms with Crippen LogP contribution in [0.25, 0.3) is 0 Å². The maximum Gasteiger partial charge on any atom is 0.234 e. The van der Waals surface area contributed by atoms with Gasteiger partial charge >= 0.3 is 0 Å². The van der Waals surface area contributed by atoms with E-state index in [1.54, 1.807) is 0 Å². The van der Waals surface area contributed by atoms with E-state index in [0.29, 0.717) is 18.6 Å². The van der Waals surface area contributed by atoms with Crippen LogP contribution in [0.4, 0.5) is 0 Å². The first kappa shape index (κ1) is 13.2. The molecule has 1 saturated carbocycles. The highest BCUT2D eigenvalue weighted by Gasteiger charge is 2.17. The van der Waals surface area contributed by atoms with Gasteiger partial charge in [0, 0.05) is 17.8 Å². The van der Waals surface area contributed by atoms with Crippen molar-refractivity contribution in [3.63, 3.8) is 0 Å². The van der Waals surface area contributed by atoms with Crippen molar-refractivity contribution in [1.82, 2.24) is 10.6 Å². The van der Waals surface area contributed by atoms with E-state index < -0.39 is 0 Å². The first-order chi connectivity index (χ1) is 8.34. The number of nitrogens with one attached hydrogen (secondary N) is 2. The molecule has 4 heteroatoms. The van der Waals surface area contributed by atoms with Crippen LogP contribution in [0.15, 0.2) is 0 Å². The van der Waals surface area contributed by atoms with Crippen molar-refractivity contribution in [2.75, 3.05) is 18.1 Å². The molecule has 3 nitrogen and oxygen atoms in total. The Hall–Kier alpha value is -0.220. The van der Waals surface area contributed by atoms with Gasteiger partial charge in [-0.25, -0.2) is 0 Å². The van der Waals surface area contributed by atoms with Crippen LogP contribution in [0.2, 0.25) is 0 Å². The molecular formula is C13H24N2OS. The van der Waals surface area contributed by atoms with Crippen LogP contribution in [0.3, 0.4) is 0 Å². The van der Waals surface area contributed by atoms with Crippen molar-refractivity contribution < 1.29 is 4.79 Å². The summed E-state index contributed by atoms with van der Waals surface area (Å²) < 4.78 is 0. The molecule has 0 aromatic carbocycles. The molecule has 2 N–H and O–H groups in total. The summed E-state index contributed by atoms with van der Waals surface area (Å²) in [6.07, 6.45) is 8.74. The highest BCUT2D eigenvalue weighted by Crippen LogP contribution is 2.18. The van der Waals surface area contributed by atoms with E-state index in [0.717, 1.165) is 5.75 Å². The molecule has 1 aliphatic heterocycles. The van der Waals surface area contributed by atoms with Gasteiger partial charge in [-0.1, -0.05) is 19.3 Å². The fourth-order valence-corrected chi connectivity index (χ4v) is 3.77. The van der Waals surface area contributed by atoms with Crippen LogP contribution in [0, 0.1) is 0 Å². The van der Waals surface area contributed by atoms with Crippen molar-refractivity contribution in [3.05, 3.63) is 0 Å². The second-order valence-corrected chi connectivity index (χ2v) is 6.35. The van der Waals surface area contributed by atoms with Crippen LogP contribution in [0.1, 0.15) is 44.9 Å². The molecule has 0 spiro atoms. The van der Waals surface area contributed by atoms with Crippen LogP contribution < -0.4 is 10.6 Å². The molecule has 0 radical (unpaired) electrons. The van der Waals surface area contributed by atoms with Crippen LogP contribution in [-0.2, 0) is 4.79 Å². The van der Waals surface area contributed by atoms with Gasteiger partial charge in [-0.15, -0.1) is 0 Å². The van der Waals surface area contributed by atoms with Crippen molar-refractivity contribution in [2.45, 2.75) is 57.0 Å². The van der Waals surface area contributed by atoms with Crippen LogP contribution in [0.5, 0.6) is 0 Å². The molecule has 17 heavy (non-hydrogen) atoms.